The van der Waals surface area contributed by atoms with E-state index in [1.54, 1.807) is 0 Å². The number of piperazine rings is 1. The van der Waals surface area contributed by atoms with Gasteiger partial charge in [0, 0.05) is 63.5 Å². The Balaban J connectivity index is 1.28. The minimum Gasteiger partial charge on any atom is -0.368 e. The molecule has 2 saturated heterocycles. The molecule has 2 fully saturated rings. The van der Waals surface area contributed by atoms with E-state index in [1.807, 2.05) is 11.9 Å². The summed E-state index contributed by atoms with van der Waals surface area (Å²) in [7, 11) is 1.82. The Morgan fingerprint density at radius 2 is 2.07 bits per heavy atom. The number of rotatable bonds is 4. The van der Waals surface area contributed by atoms with Crippen LogP contribution < -0.4 is 5.32 Å². The number of hydrogen-bond donors (Lipinski definition) is 2. The molecule has 0 bridgehead atoms. The Labute approximate surface area is 172 Å². The number of carbonyl (C=O) groups excluding carboxylic acids is 1. The summed E-state index contributed by atoms with van der Waals surface area (Å²) >= 11 is 0. The summed E-state index contributed by atoms with van der Waals surface area (Å²) in [5.41, 5.74) is 3.82. The van der Waals surface area contributed by atoms with Crippen molar-refractivity contribution < 1.29 is 9.53 Å². The maximum absolute atomic E-state index is 12.5. The fourth-order valence-corrected chi connectivity index (χ4v) is 4.40. The Morgan fingerprint density at radius 1 is 1.28 bits per heavy atom. The molecule has 2 N–H and O–H groups in total. The van der Waals surface area contributed by atoms with Crippen molar-refractivity contribution in [3.63, 3.8) is 0 Å². The fraction of sp³-hybridized carbons (Fsp3) is 0.545. The monoisotopic (exact) mass is 397 g/mol. The van der Waals surface area contributed by atoms with E-state index in [2.05, 4.69) is 51.5 Å². The molecule has 29 heavy (non-hydrogen) atoms. The van der Waals surface area contributed by atoms with Crippen LogP contribution >= 0.6 is 0 Å². The molecule has 2 aromatic rings. The van der Waals surface area contributed by atoms with Crippen molar-refractivity contribution in [1.29, 1.82) is 0 Å². The third kappa shape index (κ3) is 4.24. The molecule has 0 saturated carbocycles. The number of benzene rings is 1. The number of ether oxygens (including phenoxy) is 1. The van der Waals surface area contributed by atoms with Crippen molar-refractivity contribution in [2.24, 2.45) is 4.99 Å². The average molecular weight is 398 g/mol. The molecule has 0 radical (unpaired) electrons. The largest absolute Gasteiger partial charge is 0.368 e. The van der Waals surface area contributed by atoms with Gasteiger partial charge in [0.15, 0.2) is 5.96 Å². The van der Waals surface area contributed by atoms with Gasteiger partial charge in [0.1, 0.15) is 6.10 Å². The second-order valence-corrected chi connectivity index (χ2v) is 7.85. The molecule has 3 heterocycles. The van der Waals surface area contributed by atoms with Crippen LogP contribution in [0.5, 0.6) is 0 Å². The van der Waals surface area contributed by atoms with Gasteiger partial charge >= 0.3 is 0 Å². The summed E-state index contributed by atoms with van der Waals surface area (Å²) in [6.45, 7) is 6.73. The van der Waals surface area contributed by atoms with Gasteiger partial charge in [-0.1, -0.05) is 12.1 Å². The van der Waals surface area contributed by atoms with E-state index in [9.17, 15) is 4.79 Å². The zero-order chi connectivity index (χ0) is 20.2. The average Bonchev–Trinajstić information content (AvgIpc) is 3.42. The van der Waals surface area contributed by atoms with E-state index < -0.39 is 0 Å². The minimum atomic E-state index is -0.224. The van der Waals surface area contributed by atoms with Crippen LogP contribution in [0.15, 0.2) is 29.4 Å². The van der Waals surface area contributed by atoms with Gasteiger partial charge in [-0.2, -0.15) is 0 Å². The number of nitrogens with one attached hydrogen (secondary N) is 2. The highest BCUT2D eigenvalue weighted by Crippen LogP contribution is 2.22. The Hall–Kier alpha value is -2.54. The normalized spacial score (nSPS) is 20.5. The van der Waals surface area contributed by atoms with E-state index in [0.29, 0.717) is 6.61 Å². The van der Waals surface area contributed by atoms with Crippen LogP contribution in [0.3, 0.4) is 0 Å². The van der Waals surface area contributed by atoms with Gasteiger partial charge in [-0.05, 0) is 43.4 Å². The highest BCUT2D eigenvalue weighted by molar-refractivity contribution is 5.86. The highest BCUT2D eigenvalue weighted by Gasteiger charge is 2.30. The summed E-state index contributed by atoms with van der Waals surface area (Å²) < 4.78 is 5.55. The highest BCUT2D eigenvalue weighted by atomic mass is 16.5. The van der Waals surface area contributed by atoms with E-state index in [1.165, 1.54) is 22.0 Å². The van der Waals surface area contributed by atoms with Gasteiger partial charge in [0.25, 0.3) is 5.91 Å². The first kappa shape index (κ1) is 19.8. The molecule has 1 aromatic carbocycles. The van der Waals surface area contributed by atoms with Crippen molar-refractivity contribution >= 4 is 22.8 Å². The fourth-order valence-electron chi connectivity index (χ4n) is 4.40. The molecule has 1 unspecified atom stereocenters. The maximum atomic E-state index is 12.5. The van der Waals surface area contributed by atoms with Gasteiger partial charge in [-0.3, -0.25) is 9.79 Å². The molecule has 2 aliphatic rings. The molecule has 1 amide bonds. The molecule has 1 aromatic heterocycles. The molecular weight excluding hydrogens is 366 g/mol. The van der Waals surface area contributed by atoms with Gasteiger partial charge < -0.3 is 24.8 Å². The SMILES string of the molecule is CN=C(NCCc1c[nH]c2cccc(C)c12)N1CCN(C(=O)C2CCCO2)CC1. The summed E-state index contributed by atoms with van der Waals surface area (Å²) in [6.07, 6.45) is 4.66. The van der Waals surface area contributed by atoms with Crippen molar-refractivity contribution in [1.82, 2.24) is 20.1 Å². The van der Waals surface area contributed by atoms with Crippen LogP contribution in [0.25, 0.3) is 10.9 Å². The summed E-state index contributed by atoms with van der Waals surface area (Å²) in [5.74, 6) is 1.06. The predicted octanol–water partition coefficient (Wildman–Crippen LogP) is 1.92. The summed E-state index contributed by atoms with van der Waals surface area (Å²) in [6, 6.07) is 6.36. The Kier molecular flexibility index (Phi) is 6.04. The third-order valence-corrected chi connectivity index (χ3v) is 5.98. The van der Waals surface area contributed by atoms with E-state index >= 15 is 0 Å². The van der Waals surface area contributed by atoms with Crippen LogP contribution in [0.1, 0.15) is 24.0 Å². The number of carbonyl (C=O) groups is 1. The Bertz CT molecular complexity index is 876. The minimum absolute atomic E-state index is 0.153. The van der Waals surface area contributed by atoms with Crippen LogP contribution in [0.2, 0.25) is 0 Å². The van der Waals surface area contributed by atoms with Crippen molar-refractivity contribution in [3.8, 4) is 0 Å². The molecule has 0 aliphatic carbocycles. The second-order valence-electron chi connectivity index (χ2n) is 7.85. The predicted molar refractivity (Wildman–Crippen MR) is 115 cm³/mol. The number of fused-ring (bicyclic) bond motifs is 1. The van der Waals surface area contributed by atoms with Crippen LogP contribution in [-0.4, -0.2) is 79.1 Å². The van der Waals surface area contributed by atoms with Crippen LogP contribution in [-0.2, 0) is 16.0 Å². The van der Waals surface area contributed by atoms with E-state index in [0.717, 1.165) is 57.9 Å². The number of guanidine groups is 1. The Morgan fingerprint density at radius 3 is 2.79 bits per heavy atom. The lowest BCUT2D eigenvalue weighted by atomic mass is 10.1. The number of H-pyrrole nitrogens is 1. The first-order valence-corrected chi connectivity index (χ1v) is 10.6. The molecule has 1 atom stereocenters. The summed E-state index contributed by atoms with van der Waals surface area (Å²) in [4.78, 5) is 24.5. The lowest BCUT2D eigenvalue weighted by molar-refractivity contribution is -0.142. The molecular formula is C22H31N5O2. The van der Waals surface area contributed by atoms with Gasteiger partial charge in [-0.15, -0.1) is 0 Å². The van der Waals surface area contributed by atoms with Gasteiger partial charge in [0.2, 0.25) is 0 Å². The van der Waals surface area contributed by atoms with Crippen molar-refractivity contribution in [2.45, 2.75) is 32.3 Å². The molecule has 0 spiro atoms. The van der Waals surface area contributed by atoms with E-state index in [4.69, 9.17) is 4.74 Å². The van der Waals surface area contributed by atoms with Crippen molar-refractivity contribution in [3.05, 3.63) is 35.5 Å². The summed E-state index contributed by atoms with van der Waals surface area (Å²) in [5, 5.41) is 4.82. The molecule has 7 nitrogen and oxygen atoms in total. The first-order chi connectivity index (χ1) is 14.2. The smallest absolute Gasteiger partial charge is 0.251 e. The topological polar surface area (TPSA) is 73.0 Å². The number of nitrogens with zero attached hydrogens (tertiary/aromatic N) is 3. The lowest BCUT2D eigenvalue weighted by Gasteiger charge is -2.37. The number of aliphatic imine (C=N–C) groups is 1. The lowest BCUT2D eigenvalue weighted by Crippen LogP contribution is -2.55. The van der Waals surface area contributed by atoms with Crippen LogP contribution in [0, 0.1) is 6.92 Å². The third-order valence-electron chi connectivity index (χ3n) is 5.98. The zero-order valence-electron chi connectivity index (χ0n) is 17.4. The first-order valence-electron chi connectivity index (χ1n) is 10.6. The molecule has 7 heteroatoms. The number of amides is 1. The standard InChI is InChI=1S/C22H31N5O2/c1-16-5-3-6-18-20(16)17(15-25-18)8-9-24-22(23-2)27-12-10-26(11-13-27)21(28)19-7-4-14-29-19/h3,5-6,15,19,25H,4,7-14H2,1-2H3,(H,23,24). The molecule has 4 rings (SSSR count). The quantitative estimate of drug-likeness (QED) is 0.611. The van der Waals surface area contributed by atoms with E-state index in [-0.39, 0.29) is 12.0 Å². The van der Waals surface area contributed by atoms with Gasteiger partial charge in [0.05, 0.1) is 0 Å². The second kappa shape index (κ2) is 8.86. The number of hydrogen-bond acceptors (Lipinski definition) is 3. The number of aromatic amines is 1. The molecule has 2 aliphatic heterocycles. The maximum Gasteiger partial charge on any atom is 0.251 e. The number of aromatic nitrogens is 1. The molecule has 156 valence electrons. The van der Waals surface area contributed by atoms with Gasteiger partial charge in [-0.25, -0.2) is 0 Å². The van der Waals surface area contributed by atoms with Crippen molar-refractivity contribution in [2.75, 3.05) is 46.4 Å². The van der Waals surface area contributed by atoms with Crippen LogP contribution in [0.4, 0.5) is 0 Å². The zero-order valence-corrected chi connectivity index (χ0v) is 17.4. The number of aryl methyl sites for hydroxylation is 1.